The summed E-state index contributed by atoms with van der Waals surface area (Å²) in [5, 5.41) is 13.4. The van der Waals surface area contributed by atoms with Crippen LogP contribution in [0.3, 0.4) is 0 Å². The van der Waals surface area contributed by atoms with Gasteiger partial charge >= 0.3 is 0 Å². The molecule has 2 aromatic heterocycles. The Morgan fingerprint density at radius 3 is 2.85 bits per heavy atom. The molecule has 0 bridgehead atoms. The quantitative estimate of drug-likeness (QED) is 0.291. The Kier molecular flexibility index (Phi) is 4.77. The summed E-state index contributed by atoms with van der Waals surface area (Å²) < 4.78 is 0.637. The molecule has 26 heavy (non-hydrogen) atoms. The number of guanidine groups is 1. The lowest BCUT2D eigenvalue weighted by Gasteiger charge is -2.12. The van der Waals surface area contributed by atoms with Crippen molar-refractivity contribution in [3.8, 4) is 0 Å². The Morgan fingerprint density at radius 1 is 1.38 bits per heavy atom. The molecular weight excluding hydrogens is 378 g/mol. The predicted molar refractivity (Wildman–Crippen MR) is 101 cm³/mol. The van der Waals surface area contributed by atoms with E-state index in [4.69, 9.17) is 11.5 Å². The predicted octanol–water partition coefficient (Wildman–Crippen LogP) is 1.77. The van der Waals surface area contributed by atoms with Gasteiger partial charge in [0.25, 0.3) is 5.69 Å². The number of nitrogens with zero attached hydrogens (tertiary/aromatic N) is 5. The summed E-state index contributed by atoms with van der Waals surface area (Å²) >= 11 is 2.44. The molecule has 1 amide bonds. The van der Waals surface area contributed by atoms with Crippen molar-refractivity contribution < 1.29 is 9.72 Å². The summed E-state index contributed by atoms with van der Waals surface area (Å²) in [5.74, 6) is -0.321. The molecular formula is C14H13N7O3S2. The van der Waals surface area contributed by atoms with Crippen LogP contribution in [0.4, 0.5) is 16.0 Å². The van der Waals surface area contributed by atoms with E-state index >= 15 is 0 Å². The third kappa shape index (κ3) is 3.75. The topological polar surface area (TPSA) is 154 Å². The van der Waals surface area contributed by atoms with Gasteiger partial charge in [0.2, 0.25) is 11.0 Å². The fraction of sp³-hybridized carbons (Fsp3) is 0.143. The minimum Gasteiger partial charge on any atom is -0.370 e. The van der Waals surface area contributed by atoms with Gasteiger partial charge in [-0.05, 0) is 6.07 Å². The second kappa shape index (κ2) is 7.01. The van der Waals surface area contributed by atoms with Crippen molar-refractivity contribution in [1.29, 1.82) is 0 Å². The molecule has 0 atom stereocenters. The molecule has 1 aromatic carbocycles. The van der Waals surface area contributed by atoms with Crippen LogP contribution in [0.5, 0.6) is 0 Å². The molecule has 0 unspecified atom stereocenters. The Bertz CT molecular complexity index is 1020. The van der Waals surface area contributed by atoms with Gasteiger partial charge in [0.05, 0.1) is 27.3 Å². The normalized spacial score (nSPS) is 10.7. The number of hydrogen-bond acceptors (Lipinski definition) is 8. The molecule has 3 rings (SSSR count). The molecule has 0 spiro atoms. The van der Waals surface area contributed by atoms with E-state index in [1.54, 1.807) is 18.5 Å². The number of anilines is 1. The Morgan fingerprint density at radius 2 is 2.15 bits per heavy atom. The third-order valence-corrected chi connectivity index (χ3v) is 5.21. The van der Waals surface area contributed by atoms with Gasteiger partial charge < -0.3 is 11.5 Å². The minimum atomic E-state index is -0.468. The van der Waals surface area contributed by atoms with Gasteiger partial charge in [-0.3, -0.25) is 19.8 Å². The maximum absolute atomic E-state index is 12.5. The molecule has 0 aliphatic rings. The Hall–Kier alpha value is -3.12. The number of thiazole rings is 2. The third-order valence-electron chi connectivity index (χ3n) is 3.33. The summed E-state index contributed by atoms with van der Waals surface area (Å²) in [6.07, 6.45) is 0.0586. The van der Waals surface area contributed by atoms with E-state index in [0.717, 1.165) is 0 Å². The fourth-order valence-electron chi connectivity index (χ4n) is 2.08. The highest BCUT2D eigenvalue weighted by atomic mass is 32.1. The molecule has 0 fully saturated rings. The highest BCUT2D eigenvalue weighted by Crippen LogP contribution is 2.31. The second-order valence-corrected chi connectivity index (χ2v) is 7.04. The van der Waals surface area contributed by atoms with Crippen molar-refractivity contribution in [2.24, 2.45) is 16.5 Å². The largest absolute Gasteiger partial charge is 0.370 e. The van der Waals surface area contributed by atoms with Crippen LogP contribution in [-0.4, -0.2) is 33.8 Å². The maximum atomic E-state index is 12.5. The molecule has 10 nitrogen and oxygen atoms in total. The molecule has 134 valence electrons. The van der Waals surface area contributed by atoms with E-state index < -0.39 is 4.92 Å². The number of aromatic nitrogens is 2. The second-order valence-electron chi connectivity index (χ2n) is 5.19. The summed E-state index contributed by atoms with van der Waals surface area (Å²) in [5.41, 5.74) is 11.7. The molecule has 0 saturated carbocycles. The molecule has 12 heteroatoms. The summed E-state index contributed by atoms with van der Waals surface area (Å²) in [6.45, 7) is 0. The van der Waals surface area contributed by atoms with Crippen molar-refractivity contribution in [1.82, 2.24) is 9.97 Å². The lowest BCUT2D eigenvalue weighted by atomic mass is 10.3. The molecule has 0 aliphatic heterocycles. The summed E-state index contributed by atoms with van der Waals surface area (Å²) in [4.78, 5) is 36.6. The van der Waals surface area contributed by atoms with E-state index in [1.165, 1.54) is 39.7 Å². The van der Waals surface area contributed by atoms with Crippen LogP contribution in [0.2, 0.25) is 0 Å². The number of rotatable bonds is 5. The molecule has 0 saturated heterocycles. The van der Waals surface area contributed by atoms with Gasteiger partial charge in [-0.25, -0.2) is 9.97 Å². The van der Waals surface area contributed by atoms with Crippen molar-refractivity contribution in [3.05, 3.63) is 39.4 Å². The van der Waals surface area contributed by atoms with Gasteiger partial charge in [0.15, 0.2) is 11.1 Å². The Balaban J connectivity index is 1.77. The molecule has 3 aromatic rings. The number of aliphatic imine (C=N–C) groups is 1. The van der Waals surface area contributed by atoms with E-state index in [1.807, 2.05) is 0 Å². The number of likely N-dealkylation sites (N-methyl/N-ethyl adjacent to an activating group) is 1. The molecule has 0 radical (unpaired) electrons. The first-order valence-electron chi connectivity index (χ1n) is 7.19. The van der Waals surface area contributed by atoms with Crippen molar-refractivity contribution in [2.75, 3.05) is 11.9 Å². The van der Waals surface area contributed by atoms with E-state index in [0.29, 0.717) is 26.2 Å². The molecule has 0 aliphatic carbocycles. The lowest BCUT2D eigenvalue weighted by molar-refractivity contribution is -0.384. The van der Waals surface area contributed by atoms with Crippen LogP contribution < -0.4 is 16.4 Å². The number of carbonyl (C=O) groups is 1. The molecule has 2 heterocycles. The lowest BCUT2D eigenvalue weighted by Crippen LogP contribution is -2.27. The SMILES string of the molecule is CN(C(=O)Cc1csc(N=C(N)N)n1)c1nc2ccc([N+](=O)[O-])cc2s1. The van der Waals surface area contributed by atoms with E-state index in [-0.39, 0.29) is 24.0 Å². The monoisotopic (exact) mass is 391 g/mol. The van der Waals surface area contributed by atoms with Gasteiger partial charge in [-0.1, -0.05) is 11.3 Å². The first-order chi connectivity index (χ1) is 12.3. The van der Waals surface area contributed by atoms with Gasteiger partial charge in [-0.2, -0.15) is 4.99 Å². The summed E-state index contributed by atoms with van der Waals surface area (Å²) in [7, 11) is 1.60. The fourth-order valence-corrected chi connectivity index (χ4v) is 3.76. The van der Waals surface area contributed by atoms with Crippen LogP contribution in [0.15, 0.2) is 28.6 Å². The van der Waals surface area contributed by atoms with Gasteiger partial charge in [0.1, 0.15) is 0 Å². The summed E-state index contributed by atoms with van der Waals surface area (Å²) in [6, 6.07) is 4.39. The average Bonchev–Trinajstić information content (AvgIpc) is 3.19. The number of amides is 1. The maximum Gasteiger partial charge on any atom is 0.270 e. The smallest absolute Gasteiger partial charge is 0.270 e. The van der Waals surface area contributed by atoms with Crippen molar-refractivity contribution >= 4 is 60.7 Å². The van der Waals surface area contributed by atoms with E-state index in [9.17, 15) is 14.9 Å². The zero-order chi connectivity index (χ0) is 18.8. The first kappa shape index (κ1) is 17.7. The molecule has 4 N–H and O–H groups in total. The van der Waals surface area contributed by atoms with Crippen LogP contribution in [0.25, 0.3) is 10.2 Å². The number of non-ortho nitro benzene ring substituents is 1. The van der Waals surface area contributed by atoms with Crippen molar-refractivity contribution in [3.63, 3.8) is 0 Å². The van der Waals surface area contributed by atoms with Crippen LogP contribution in [0, 0.1) is 10.1 Å². The number of benzene rings is 1. The van der Waals surface area contributed by atoms with Crippen LogP contribution >= 0.6 is 22.7 Å². The highest BCUT2D eigenvalue weighted by Gasteiger charge is 2.18. The van der Waals surface area contributed by atoms with E-state index in [2.05, 4.69) is 15.0 Å². The van der Waals surface area contributed by atoms with Crippen LogP contribution in [0.1, 0.15) is 5.69 Å². The average molecular weight is 391 g/mol. The number of nitro benzene ring substituents is 1. The number of carbonyl (C=O) groups excluding carboxylic acids is 1. The zero-order valence-electron chi connectivity index (χ0n) is 13.4. The standard InChI is InChI=1S/C14H13N7O3S2/c1-20(11(22)4-7-6-25-13(17-7)19-12(15)16)14-18-9-3-2-8(21(23)24)5-10(9)26-14/h2-3,5-6H,4H2,1H3,(H4,15,16,17,19). The number of hydrogen-bond donors (Lipinski definition) is 2. The number of nitro groups is 1. The zero-order valence-corrected chi connectivity index (χ0v) is 15.1. The first-order valence-corrected chi connectivity index (χ1v) is 8.88. The van der Waals surface area contributed by atoms with Gasteiger partial charge in [-0.15, -0.1) is 11.3 Å². The Labute approximate surface area is 154 Å². The highest BCUT2D eigenvalue weighted by molar-refractivity contribution is 7.22. The minimum absolute atomic E-state index is 0.0172. The number of fused-ring (bicyclic) bond motifs is 1. The van der Waals surface area contributed by atoms with Gasteiger partial charge in [0, 0.05) is 24.6 Å². The van der Waals surface area contributed by atoms with Crippen LogP contribution in [-0.2, 0) is 11.2 Å². The van der Waals surface area contributed by atoms with Crippen molar-refractivity contribution in [2.45, 2.75) is 6.42 Å². The number of nitrogens with two attached hydrogens (primary N) is 2.